The zero-order valence-electron chi connectivity index (χ0n) is 16.3. The van der Waals surface area contributed by atoms with E-state index in [1.165, 1.54) is 0 Å². The van der Waals surface area contributed by atoms with Crippen LogP contribution in [0.15, 0.2) is 59.7 Å². The topological polar surface area (TPSA) is 90.0 Å². The first kappa shape index (κ1) is 18.5. The Morgan fingerprint density at radius 3 is 2.69 bits per heavy atom. The molecule has 0 atom stereocenters. The third kappa shape index (κ3) is 3.91. The molecule has 0 radical (unpaired) electrons. The Morgan fingerprint density at radius 1 is 1.10 bits per heavy atom. The molecule has 0 aliphatic carbocycles. The molecule has 2 aromatic carbocycles. The van der Waals surface area contributed by atoms with Crippen molar-refractivity contribution in [3.63, 3.8) is 0 Å². The van der Waals surface area contributed by atoms with Gasteiger partial charge in [-0.2, -0.15) is 10.2 Å². The quantitative estimate of drug-likeness (QED) is 0.407. The van der Waals surface area contributed by atoms with Crippen molar-refractivity contribution in [3.05, 3.63) is 71.5 Å². The van der Waals surface area contributed by atoms with Crippen molar-refractivity contribution in [2.75, 3.05) is 0 Å². The van der Waals surface area contributed by atoms with Crippen molar-refractivity contribution < 1.29 is 4.79 Å². The molecule has 0 bridgehead atoms. The molecule has 8 nitrogen and oxygen atoms in total. The minimum atomic E-state index is -0.188. The fourth-order valence-corrected chi connectivity index (χ4v) is 3.18. The van der Waals surface area contributed by atoms with E-state index in [1.807, 2.05) is 73.1 Å². The minimum absolute atomic E-state index is 0.188. The summed E-state index contributed by atoms with van der Waals surface area (Å²) >= 11 is 0. The van der Waals surface area contributed by atoms with E-state index in [0.29, 0.717) is 6.54 Å². The molecule has 0 aliphatic heterocycles. The number of rotatable bonds is 6. The van der Waals surface area contributed by atoms with Crippen molar-refractivity contribution in [2.24, 2.45) is 5.10 Å². The van der Waals surface area contributed by atoms with Crippen LogP contribution in [-0.2, 0) is 11.3 Å². The molecule has 0 saturated heterocycles. The number of nitrogens with one attached hydrogen (secondary N) is 1. The number of nitrogens with zero attached hydrogens (tertiary/aromatic N) is 6. The van der Waals surface area contributed by atoms with E-state index < -0.39 is 0 Å². The molecule has 2 heterocycles. The van der Waals surface area contributed by atoms with Gasteiger partial charge in [-0.15, -0.1) is 5.10 Å². The SMILES string of the molecule is Cc1nn(-c2ccccc2)c(C)c1/C=N\NC(=O)CCn1nnc2ccccc21. The molecular formula is C21H21N7O. The molecule has 29 heavy (non-hydrogen) atoms. The average molecular weight is 387 g/mol. The summed E-state index contributed by atoms with van der Waals surface area (Å²) in [6.07, 6.45) is 1.89. The van der Waals surface area contributed by atoms with Crippen LogP contribution in [0.2, 0.25) is 0 Å². The smallest absolute Gasteiger partial charge is 0.241 e. The van der Waals surface area contributed by atoms with E-state index in [4.69, 9.17) is 0 Å². The molecule has 1 amide bonds. The zero-order chi connectivity index (χ0) is 20.2. The van der Waals surface area contributed by atoms with Crippen LogP contribution in [-0.4, -0.2) is 36.9 Å². The van der Waals surface area contributed by atoms with Crippen LogP contribution in [0, 0.1) is 13.8 Å². The van der Waals surface area contributed by atoms with Crippen molar-refractivity contribution in [3.8, 4) is 5.69 Å². The summed E-state index contributed by atoms with van der Waals surface area (Å²) in [5.41, 5.74) is 7.97. The number of hydrogen-bond acceptors (Lipinski definition) is 5. The van der Waals surface area contributed by atoms with Crippen LogP contribution in [0.5, 0.6) is 0 Å². The minimum Gasteiger partial charge on any atom is -0.273 e. The van der Waals surface area contributed by atoms with E-state index in [-0.39, 0.29) is 12.3 Å². The van der Waals surface area contributed by atoms with E-state index >= 15 is 0 Å². The van der Waals surface area contributed by atoms with Crippen molar-refractivity contribution in [2.45, 2.75) is 26.8 Å². The monoisotopic (exact) mass is 387 g/mol. The molecule has 8 heteroatoms. The number of hydrazone groups is 1. The van der Waals surface area contributed by atoms with E-state index in [9.17, 15) is 4.79 Å². The van der Waals surface area contributed by atoms with Crippen LogP contribution in [0.3, 0.4) is 0 Å². The molecule has 0 saturated carbocycles. The van der Waals surface area contributed by atoms with E-state index in [0.717, 1.165) is 33.7 Å². The number of para-hydroxylation sites is 2. The summed E-state index contributed by atoms with van der Waals surface area (Å²) in [5, 5.41) is 16.9. The van der Waals surface area contributed by atoms with Gasteiger partial charge in [0.2, 0.25) is 5.91 Å². The van der Waals surface area contributed by atoms with Gasteiger partial charge >= 0.3 is 0 Å². The highest BCUT2D eigenvalue weighted by molar-refractivity contribution is 5.84. The highest BCUT2D eigenvalue weighted by atomic mass is 16.2. The highest BCUT2D eigenvalue weighted by Gasteiger charge is 2.11. The standard InChI is InChI=1S/C21H21N7O/c1-15-18(16(2)28(25-15)17-8-4-3-5-9-17)14-22-24-21(29)12-13-27-20-11-7-6-10-19(20)23-26-27/h3-11,14H,12-13H2,1-2H3,(H,24,29)/b22-14-. The Bertz CT molecular complexity index is 1170. The first-order chi connectivity index (χ1) is 14.1. The number of fused-ring (bicyclic) bond motifs is 1. The Labute approximate surface area is 167 Å². The summed E-state index contributed by atoms with van der Waals surface area (Å²) in [6.45, 7) is 4.34. The summed E-state index contributed by atoms with van der Waals surface area (Å²) in [4.78, 5) is 12.2. The van der Waals surface area contributed by atoms with Crippen LogP contribution >= 0.6 is 0 Å². The van der Waals surface area contributed by atoms with Crippen LogP contribution < -0.4 is 5.43 Å². The molecule has 0 unspecified atom stereocenters. The van der Waals surface area contributed by atoms with Crippen LogP contribution in [0.4, 0.5) is 0 Å². The largest absolute Gasteiger partial charge is 0.273 e. The van der Waals surface area contributed by atoms with E-state index in [1.54, 1.807) is 10.9 Å². The maximum atomic E-state index is 12.2. The van der Waals surface area contributed by atoms with Gasteiger partial charge in [0.1, 0.15) is 5.52 Å². The molecule has 4 aromatic rings. The Hall–Kier alpha value is -3.81. The van der Waals surface area contributed by atoms with Crippen molar-refractivity contribution >= 4 is 23.2 Å². The lowest BCUT2D eigenvalue weighted by atomic mass is 10.2. The Balaban J connectivity index is 1.39. The van der Waals surface area contributed by atoms with Gasteiger partial charge in [-0.05, 0) is 38.1 Å². The second kappa shape index (κ2) is 8.05. The number of carbonyl (C=O) groups excluding carboxylic acids is 1. The fraction of sp³-hybridized carbons (Fsp3) is 0.190. The predicted octanol–water partition coefficient (Wildman–Crippen LogP) is 2.77. The lowest BCUT2D eigenvalue weighted by molar-refractivity contribution is -0.121. The molecular weight excluding hydrogens is 366 g/mol. The third-order valence-electron chi connectivity index (χ3n) is 4.70. The van der Waals surface area contributed by atoms with Crippen molar-refractivity contribution in [1.29, 1.82) is 0 Å². The second-order valence-electron chi connectivity index (χ2n) is 6.68. The molecule has 4 rings (SSSR count). The number of aryl methyl sites for hydroxylation is 2. The van der Waals surface area contributed by atoms with Crippen LogP contribution in [0.1, 0.15) is 23.4 Å². The van der Waals surface area contributed by atoms with Crippen molar-refractivity contribution in [1.82, 2.24) is 30.2 Å². The number of hydrogen-bond donors (Lipinski definition) is 1. The maximum absolute atomic E-state index is 12.2. The zero-order valence-corrected chi connectivity index (χ0v) is 16.3. The third-order valence-corrected chi connectivity index (χ3v) is 4.70. The van der Waals surface area contributed by atoms with Gasteiger partial charge in [0, 0.05) is 12.0 Å². The summed E-state index contributed by atoms with van der Waals surface area (Å²) in [6, 6.07) is 17.6. The first-order valence-electron chi connectivity index (χ1n) is 9.35. The average Bonchev–Trinajstić information content (AvgIpc) is 3.28. The lowest BCUT2D eigenvalue weighted by Crippen LogP contribution is -2.19. The predicted molar refractivity (Wildman–Crippen MR) is 111 cm³/mol. The number of carbonyl (C=O) groups is 1. The molecule has 1 N–H and O–H groups in total. The molecule has 0 fully saturated rings. The van der Waals surface area contributed by atoms with Gasteiger partial charge in [0.05, 0.1) is 35.4 Å². The molecule has 2 aromatic heterocycles. The van der Waals surface area contributed by atoms with Gasteiger partial charge in [-0.25, -0.2) is 14.8 Å². The van der Waals surface area contributed by atoms with Crippen LogP contribution in [0.25, 0.3) is 16.7 Å². The Kier molecular flexibility index (Phi) is 5.15. The number of benzene rings is 2. The number of aromatic nitrogens is 5. The van der Waals surface area contributed by atoms with Gasteiger partial charge in [0.25, 0.3) is 0 Å². The highest BCUT2D eigenvalue weighted by Crippen LogP contribution is 2.16. The van der Waals surface area contributed by atoms with Gasteiger partial charge in [0.15, 0.2) is 0 Å². The summed E-state index contributed by atoms with van der Waals surface area (Å²) in [7, 11) is 0. The second-order valence-corrected chi connectivity index (χ2v) is 6.68. The Morgan fingerprint density at radius 2 is 1.86 bits per heavy atom. The fourth-order valence-electron chi connectivity index (χ4n) is 3.18. The molecule has 0 spiro atoms. The van der Waals surface area contributed by atoms with Gasteiger partial charge < -0.3 is 0 Å². The summed E-state index contributed by atoms with van der Waals surface area (Å²) < 4.78 is 3.59. The normalized spacial score (nSPS) is 11.4. The maximum Gasteiger partial charge on any atom is 0.241 e. The summed E-state index contributed by atoms with van der Waals surface area (Å²) in [5.74, 6) is -0.188. The first-order valence-corrected chi connectivity index (χ1v) is 9.35. The molecule has 146 valence electrons. The number of amides is 1. The van der Waals surface area contributed by atoms with E-state index in [2.05, 4.69) is 25.9 Å². The van der Waals surface area contributed by atoms with Gasteiger partial charge in [-0.3, -0.25) is 4.79 Å². The molecule has 0 aliphatic rings. The van der Waals surface area contributed by atoms with Gasteiger partial charge in [-0.1, -0.05) is 35.5 Å². The lowest BCUT2D eigenvalue weighted by Gasteiger charge is -2.03.